The molecule has 35 heavy (non-hydrogen) atoms. The molecule has 2 aromatic carbocycles. The molecule has 0 spiro atoms. The van der Waals surface area contributed by atoms with Gasteiger partial charge in [0.15, 0.2) is 0 Å². The lowest BCUT2D eigenvalue weighted by molar-refractivity contribution is -0.137. The molecule has 192 valence electrons. The van der Waals surface area contributed by atoms with Gasteiger partial charge in [-0.3, -0.25) is 9.69 Å². The summed E-state index contributed by atoms with van der Waals surface area (Å²) < 4.78 is 44.2. The van der Waals surface area contributed by atoms with E-state index in [2.05, 4.69) is 4.90 Å². The summed E-state index contributed by atoms with van der Waals surface area (Å²) in [6, 6.07) is 11.6. The molecule has 2 aromatic rings. The average molecular weight is 512 g/mol. The van der Waals surface area contributed by atoms with E-state index in [4.69, 9.17) is 4.74 Å². The van der Waals surface area contributed by atoms with E-state index < -0.39 is 11.7 Å². The van der Waals surface area contributed by atoms with Crippen molar-refractivity contribution < 1.29 is 22.7 Å². The van der Waals surface area contributed by atoms with E-state index in [0.717, 1.165) is 69.4 Å². The SMILES string of the molecule is COc1ccc2c(c1)CN(C(=O)CCCCCN1CCN(c3cccc(C(F)(F)F)c3)CC1)C2.Cl. The number of nitrogens with zero attached hydrogens (tertiary/aromatic N) is 3. The Morgan fingerprint density at radius 2 is 1.69 bits per heavy atom. The topological polar surface area (TPSA) is 36.0 Å². The van der Waals surface area contributed by atoms with Crippen LogP contribution in [0.2, 0.25) is 0 Å². The summed E-state index contributed by atoms with van der Waals surface area (Å²) in [6.07, 6.45) is -0.860. The number of ether oxygens (including phenoxy) is 1. The van der Waals surface area contributed by atoms with Crippen molar-refractivity contribution in [1.82, 2.24) is 9.80 Å². The third kappa shape index (κ3) is 7.04. The smallest absolute Gasteiger partial charge is 0.416 e. The van der Waals surface area contributed by atoms with E-state index in [-0.39, 0.29) is 18.3 Å². The molecule has 0 aromatic heterocycles. The fourth-order valence-corrected chi connectivity index (χ4v) is 4.73. The Bertz CT molecular complexity index is 994. The van der Waals surface area contributed by atoms with Gasteiger partial charge >= 0.3 is 6.18 Å². The van der Waals surface area contributed by atoms with Gasteiger partial charge in [-0.05, 0) is 60.8 Å². The molecule has 0 bridgehead atoms. The number of halogens is 4. The van der Waals surface area contributed by atoms with Crippen LogP contribution in [0.25, 0.3) is 0 Å². The number of hydrogen-bond acceptors (Lipinski definition) is 4. The molecule has 0 saturated carbocycles. The number of piperazine rings is 1. The molecular formula is C26H33ClF3N3O2. The molecule has 5 nitrogen and oxygen atoms in total. The highest BCUT2D eigenvalue weighted by molar-refractivity contribution is 5.85. The first-order valence-electron chi connectivity index (χ1n) is 11.9. The zero-order valence-electron chi connectivity index (χ0n) is 20.0. The molecule has 4 rings (SSSR count). The van der Waals surface area contributed by atoms with Crippen molar-refractivity contribution in [3.63, 3.8) is 0 Å². The van der Waals surface area contributed by atoms with Gasteiger partial charge in [-0.25, -0.2) is 0 Å². The maximum absolute atomic E-state index is 13.0. The second-order valence-corrected chi connectivity index (χ2v) is 9.07. The third-order valence-corrected chi connectivity index (χ3v) is 6.76. The molecule has 1 saturated heterocycles. The summed E-state index contributed by atoms with van der Waals surface area (Å²) in [5, 5.41) is 0. The number of carbonyl (C=O) groups excluding carboxylic acids is 1. The normalized spacial score (nSPS) is 16.1. The summed E-state index contributed by atoms with van der Waals surface area (Å²) in [5.41, 5.74) is 2.39. The number of benzene rings is 2. The number of alkyl halides is 3. The molecule has 2 aliphatic heterocycles. The van der Waals surface area contributed by atoms with Crippen molar-refractivity contribution in [2.75, 3.05) is 44.7 Å². The van der Waals surface area contributed by atoms with Gasteiger partial charge in [-0.2, -0.15) is 13.2 Å². The lowest BCUT2D eigenvalue weighted by Crippen LogP contribution is -2.46. The number of methoxy groups -OCH3 is 1. The second-order valence-electron chi connectivity index (χ2n) is 9.07. The first-order valence-corrected chi connectivity index (χ1v) is 11.9. The van der Waals surface area contributed by atoms with Crippen LogP contribution >= 0.6 is 12.4 Å². The van der Waals surface area contributed by atoms with Gasteiger partial charge in [0.25, 0.3) is 0 Å². The van der Waals surface area contributed by atoms with Gasteiger partial charge in [0.2, 0.25) is 5.91 Å². The van der Waals surface area contributed by atoms with Crippen LogP contribution in [0.4, 0.5) is 18.9 Å². The number of unbranched alkanes of at least 4 members (excludes halogenated alkanes) is 2. The first-order chi connectivity index (χ1) is 16.3. The predicted octanol–water partition coefficient (Wildman–Crippen LogP) is 5.36. The Morgan fingerprint density at radius 3 is 2.40 bits per heavy atom. The van der Waals surface area contributed by atoms with Gasteiger partial charge in [0, 0.05) is 51.4 Å². The Morgan fingerprint density at radius 1 is 0.943 bits per heavy atom. The number of carbonyl (C=O) groups is 1. The van der Waals surface area contributed by atoms with Gasteiger partial charge < -0.3 is 14.5 Å². The predicted molar refractivity (Wildman–Crippen MR) is 133 cm³/mol. The highest BCUT2D eigenvalue weighted by Crippen LogP contribution is 2.32. The summed E-state index contributed by atoms with van der Waals surface area (Å²) in [6.45, 7) is 5.41. The molecule has 1 fully saturated rings. The molecule has 2 heterocycles. The highest BCUT2D eigenvalue weighted by Gasteiger charge is 2.31. The molecule has 9 heteroatoms. The minimum absolute atomic E-state index is 0. The molecular weight excluding hydrogens is 479 g/mol. The van der Waals surface area contributed by atoms with Crippen LogP contribution in [0, 0.1) is 0 Å². The summed E-state index contributed by atoms with van der Waals surface area (Å²) in [7, 11) is 1.65. The molecule has 0 aliphatic carbocycles. The van der Waals surface area contributed by atoms with Crippen molar-refractivity contribution >= 4 is 24.0 Å². The maximum Gasteiger partial charge on any atom is 0.416 e. The Balaban J connectivity index is 0.00000342. The first kappa shape index (κ1) is 27.1. The van der Waals surface area contributed by atoms with Crippen LogP contribution in [-0.4, -0.2) is 55.5 Å². The van der Waals surface area contributed by atoms with E-state index in [0.29, 0.717) is 25.2 Å². The van der Waals surface area contributed by atoms with Crippen molar-refractivity contribution in [3.05, 3.63) is 59.2 Å². The molecule has 2 aliphatic rings. The van der Waals surface area contributed by atoms with Crippen molar-refractivity contribution in [2.45, 2.75) is 44.9 Å². The summed E-state index contributed by atoms with van der Waals surface area (Å²) in [4.78, 5) is 18.9. The van der Waals surface area contributed by atoms with E-state index in [1.165, 1.54) is 17.7 Å². The van der Waals surface area contributed by atoms with E-state index in [1.54, 1.807) is 13.2 Å². The van der Waals surface area contributed by atoms with Gasteiger partial charge in [-0.1, -0.05) is 18.6 Å². The Hall–Kier alpha value is -2.45. The molecule has 0 atom stereocenters. The Kier molecular flexibility index (Phi) is 9.30. The standard InChI is InChI=1S/C26H32F3N3O2.ClH/c1-34-24-10-9-20-18-32(19-21(20)16-24)25(33)8-3-2-4-11-30-12-14-31(15-13-30)23-7-5-6-22(17-23)26(27,28)29;/h5-7,9-10,16-17H,2-4,8,11-15,18-19H2,1H3;1H. The van der Waals surface area contributed by atoms with Crippen LogP contribution in [-0.2, 0) is 24.1 Å². The fourth-order valence-electron chi connectivity index (χ4n) is 4.73. The number of rotatable bonds is 8. The van der Waals surface area contributed by atoms with E-state index >= 15 is 0 Å². The zero-order chi connectivity index (χ0) is 24.1. The molecule has 0 unspecified atom stereocenters. The summed E-state index contributed by atoms with van der Waals surface area (Å²) >= 11 is 0. The number of anilines is 1. The minimum atomic E-state index is -4.31. The zero-order valence-corrected chi connectivity index (χ0v) is 20.8. The van der Waals surface area contributed by atoms with E-state index in [9.17, 15) is 18.0 Å². The highest BCUT2D eigenvalue weighted by atomic mass is 35.5. The van der Waals surface area contributed by atoms with Crippen LogP contribution in [0.1, 0.15) is 42.4 Å². The molecule has 0 radical (unpaired) electrons. The lowest BCUT2D eigenvalue weighted by atomic mass is 10.1. The number of fused-ring (bicyclic) bond motifs is 1. The van der Waals surface area contributed by atoms with Gasteiger partial charge in [0.05, 0.1) is 12.7 Å². The minimum Gasteiger partial charge on any atom is -0.497 e. The van der Waals surface area contributed by atoms with Gasteiger partial charge in [0.1, 0.15) is 5.75 Å². The lowest BCUT2D eigenvalue weighted by Gasteiger charge is -2.36. The molecule has 0 N–H and O–H groups in total. The fraction of sp³-hybridized carbons (Fsp3) is 0.500. The Labute approximate surface area is 211 Å². The van der Waals surface area contributed by atoms with E-state index in [1.807, 2.05) is 28.0 Å². The maximum atomic E-state index is 13.0. The second kappa shape index (κ2) is 12.0. The van der Waals surface area contributed by atoms with Gasteiger partial charge in [-0.15, -0.1) is 12.4 Å². The number of hydrogen-bond donors (Lipinski definition) is 0. The van der Waals surface area contributed by atoms with Crippen LogP contribution in [0.15, 0.2) is 42.5 Å². The van der Waals surface area contributed by atoms with Crippen molar-refractivity contribution in [2.24, 2.45) is 0 Å². The number of amides is 1. The van der Waals surface area contributed by atoms with Crippen LogP contribution in [0.5, 0.6) is 5.75 Å². The largest absolute Gasteiger partial charge is 0.497 e. The third-order valence-electron chi connectivity index (χ3n) is 6.76. The molecule has 1 amide bonds. The van der Waals surface area contributed by atoms with Crippen LogP contribution in [0.3, 0.4) is 0 Å². The monoisotopic (exact) mass is 511 g/mol. The van der Waals surface area contributed by atoms with Crippen LogP contribution < -0.4 is 9.64 Å². The van der Waals surface area contributed by atoms with Crippen molar-refractivity contribution in [3.8, 4) is 5.75 Å². The average Bonchev–Trinajstić information content (AvgIpc) is 3.27. The quantitative estimate of drug-likeness (QED) is 0.447. The summed E-state index contributed by atoms with van der Waals surface area (Å²) in [5.74, 6) is 1.02. The van der Waals surface area contributed by atoms with Crippen molar-refractivity contribution in [1.29, 1.82) is 0 Å².